The SMILES string of the molecule is CCN1CC2(C1)CN(c1ccc(Nc3ncc4cccc(N5CC6(CC(C)C6)C5)c4n3)nc1)C2. The van der Waals surface area contributed by atoms with Gasteiger partial charge in [-0.1, -0.05) is 26.0 Å². The number of nitrogens with one attached hydrogen (secondary N) is 1. The van der Waals surface area contributed by atoms with E-state index in [-0.39, 0.29) is 0 Å². The van der Waals surface area contributed by atoms with Crippen LogP contribution in [0.2, 0.25) is 0 Å². The van der Waals surface area contributed by atoms with E-state index in [0.717, 1.165) is 48.8 Å². The molecule has 1 aromatic carbocycles. The van der Waals surface area contributed by atoms with E-state index in [1.165, 1.54) is 43.9 Å². The van der Waals surface area contributed by atoms with Crippen molar-refractivity contribution in [2.75, 3.05) is 60.9 Å². The highest BCUT2D eigenvalue weighted by Gasteiger charge is 2.52. The van der Waals surface area contributed by atoms with Crippen molar-refractivity contribution < 1.29 is 0 Å². The lowest BCUT2D eigenvalue weighted by Gasteiger charge is -2.61. The average molecular weight is 456 g/mol. The van der Waals surface area contributed by atoms with Gasteiger partial charge in [-0.05, 0) is 43.5 Å². The van der Waals surface area contributed by atoms with Crippen LogP contribution in [0.25, 0.3) is 10.9 Å². The quantitative estimate of drug-likeness (QED) is 0.620. The second kappa shape index (κ2) is 7.28. The Morgan fingerprint density at radius 3 is 2.41 bits per heavy atom. The molecule has 3 aromatic rings. The van der Waals surface area contributed by atoms with E-state index in [2.05, 4.69) is 68.1 Å². The van der Waals surface area contributed by atoms with Gasteiger partial charge in [0.15, 0.2) is 0 Å². The number of hydrogen-bond acceptors (Lipinski definition) is 7. The topological polar surface area (TPSA) is 60.4 Å². The van der Waals surface area contributed by atoms with E-state index >= 15 is 0 Å². The molecule has 1 aliphatic carbocycles. The first kappa shape index (κ1) is 20.4. The predicted molar refractivity (Wildman–Crippen MR) is 137 cm³/mol. The van der Waals surface area contributed by atoms with Gasteiger partial charge in [0.2, 0.25) is 5.95 Å². The summed E-state index contributed by atoms with van der Waals surface area (Å²) in [4.78, 5) is 21.5. The highest BCUT2D eigenvalue weighted by atomic mass is 15.3. The van der Waals surface area contributed by atoms with Gasteiger partial charge >= 0.3 is 0 Å². The molecule has 5 heterocycles. The Balaban J connectivity index is 1.04. The minimum atomic E-state index is 0.524. The standard InChI is InChI=1S/C27H33N7/c1-3-32-13-27(14-32)17-33(18-27)21-7-8-23(28-12-21)30-25-29-11-20-5-4-6-22(24(20)31-25)34-15-26(16-34)9-19(2)10-26/h4-8,11-12,19H,3,9-10,13-18H2,1-2H3,(H,28,29,30,31). The van der Waals surface area contributed by atoms with Crippen LogP contribution in [0.1, 0.15) is 26.7 Å². The van der Waals surface area contributed by atoms with E-state index < -0.39 is 0 Å². The van der Waals surface area contributed by atoms with E-state index in [0.29, 0.717) is 16.8 Å². The number of benzene rings is 1. The molecule has 0 bridgehead atoms. The molecule has 1 saturated carbocycles. The third-order valence-corrected chi connectivity index (χ3v) is 8.52. The summed E-state index contributed by atoms with van der Waals surface area (Å²) < 4.78 is 0. The molecule has 3 aliphatic heterocycles. The van der Waals surface area contributed by atoms with Crippen molar-refractivity contribution in [2.45, 2.75) is 26.7 Å². The zero-order chi connectivity index (χ0) is 22.9. The van der Waals surface area contributed by atoms with Crippen LogP contribution in [0.3, 0.4) is 0 Å². The normalized spacial score (nSPS) is 22.9. The maximum absolute atomic E-state index is 4.90. The van der Waals surface area contributed by atoms with Crippen molar-refractivity contribution in [3.05, 3.63) is 42.7 Å². The van der Waals surface area contributed by atoms with Crippen molar-refractivity contribution >= 4 is 34.0 Å². The minimum Gasteiger partial charge on any atom is -0.369 e. The molecule has 0 radical (unpaired) electrons. The van der Waals surface area contributed by atoms with Crippen molar-refractivity contribution in [3.8, 4) is 0 Å². The number of nitrogens with zero attached hydrogens (tertiary/aromatic N) is 6. The Labute approximate surface area is 201 Å². The molecule has 7 rings (SSSR count). The summed E-state index contributed by atoms with van der Waals surface area (Å²) >= 11 is 0. The highest BCUT2D eigenvalue weighted by Crippen LogP contribution is 2.53. The minimum absolute atomic E-state index is 0.524. The van der Waals surface area contributed by atoms with Crippen LogP contribution in [0.4, 0.5) is 23.1 Å². The Kier molecular flexibility index (Phi) is 4.38. The number of aromatic nitrogens is 3. The molecule has 0 unspecified atom stereocenters. The Morgan fingerprint density at radius 2 is 1.71 bits per heavy atom. The molecule has 1 N–H and O–H groups in total. The van der Waals surface area contributed by atoms with Crippen LogP contribution in [-0.2, 0) is 0 Å². The van der Waals surface area contributed by atoms with E-state index in [4.69, 9.17) is 4.98 Å². The van der Waals surface area contributed by atoms with E-state index in [1.807, 2.05) is 18.5 Å². The van der Waals surface area contributed by atoms with Crippen molar-refractivity contribution in [1.82, 2.24) is 19.9 Å². The van der Waals surface area contributed by atoms with Gasteiger partial charge in [-0.15, -0.1) is 0 Å². The number of pyridine rings is 1. The van der Waals surface area contributed by atoms with Gasteiger partial charge in [0.25, 0.3) is 0 Å². The molecule has 2 spiro atoms. The van der Waals surface area contributed by atoms with Gasteiger partial charge in [-0.3, -0.25) is 0 Å². The molecule has 0 atom stereocenters. The average Bonchev–Trinajstić information content (AvgIpc) is 2.74. The van der Waals surface area contributed by atoms with Crippen LogP contribution in [0.15, 0.2) is 42.7 Å². The zero-order valence-corrected chi connectivity index (χ0v) is 20.2. The highest BCUT2D eigenvalue weighted by molar-refractivity contribution is 5.91. The lowest BCUT2D eigenvalue weighted by Crippen LogP contribution is -2.72. The first-order valence-corrected chi connectivity index (χ1v) is 12.7. The van der Waals surface area contributed by atoms with Gasteiger partial charge in [0.1, 0.15) is 5.82 Å². The lowest BCUT2D eigenvalue weighted by atomic mass is 9.58. The lowest BCUT2D eigenvalue weighted by molar-refractivity contribution is -0.0178. The second-order valence-electron chi connectivity index (χ2n) is 11.5. The Hall–Kier alpha value is -2.93. The summed E-state index contributed by atoms with van der Waals surface area (Å²) in [6.45, 7) is 12.9. The van der Waals surface area contributed by atoms with Crippen LogP contribution in [0, 0.1) is 16.7 Å². The Morgan fingerprint density at radius 1 is 0.912 bits per heavy atom. The zero-order valence-electron chi connectivity index (χ0n) is 20.2. The molecular formula is C27H33N7. The summed E-state index contributed by atoms with van der Waals surface area (Å²) in [5.74, 6) is 2.27. The van der Waals surface area contributed by atoms with Gasteiger partial charge in [-0.25, -0.2) is 15.0 Å². The summed E-state index contributed by atoms with van der Waals surface area (Å²) in [6, 6.07) is 10.6. The number of rotatable bonds is 5. The smallest absolute Gasteiger partial charge is 0.228 e. The van der Waals surface area contributed by atoms with Gasteiger partial charge in [-0.2, -0.15) is 0 Å². The second-order valence-corrected chi connectivity index (χ2v) is 11.5. The van der Waals surface area contributed by atoms with Gasteiger partial charge in [0, 0.05) is 61.7 Å². The molecular weight excluding hydrogens is 422 g/mol. The first-order valence-electron chi connectivity index (χ1n) is 12.7. The molecule has 176 valence electrons. The van der Waals surface area contributed by atoms with E-state index in [1.54, 1.807) is 0 Å². The predicted octanol–water partition coefficient (Wildman–Crippen LogP) is 4.15. The van der Waals surface area contributed by atoms with Crippen molar-refractivity contribution in [1.29, 1.82) is 0 Å². The number of para-hydroxylation sites is 1. The molecule has 4 fully saturated rings. The summed E-state index contributed by atoms with van der Waals surface area (Å²) in [7, 11) is 0. The van der Waals surface area contributed by atoms with Crippen LogP contribution in [-0.4, -0.2) is 65.7 Å². The Bertz CT molecular complexity index is 1210. The number of likely N-dealkylation sites (tertiary alicyclic amines) is 1. The number of hydrogen-bond donors (Lipinski definition) is 1. The van der Waals surface area contributed by atoms with Crippen LogP contribution >= 0.6 is 0 Å². The molecule has 7 nitrogen and oxygen atoms in total. The summed E-state index contributed by atoms with van der Waals surface area (Å²) in [5.41, 5.74) is 4.53. The number of anilines is 4. The van der Waals surface area contributed by atoms with Gasteiger partial charge < -0.3 is 20.0 Å². The van der Waals surface area contributed by atoms with E-state index in [9.17, 15) is 0 Å². The third kappa shape index (κ3) is 3.24. The fourth-order valence-corrected chi connectivity index (χ4v) is 7.00. The summed E-state index contributed by atoms with van der Waals surface area (Å²) in [6.07, 6.45) is 6.62. The third-order valence-electron chi connectivity index (χ3n) is 8.52. The maximum atomic E-state index is 4.90. The van der Waals surface area contributed by atoms with Crippen LogP contribution < -0.4 is 15.1 Å². The van der Waals surface area contributed by atoms with Crippen molar-refractivity contribution in [3.63, 3.8) is 0 Å². The fourth-order valence-electron chi connectivity index (χ4n) is 7.00. The molecule has 2 aromatic heterocycles. The van der Waals surface area contributed by atoms with Crippen LogP contribution in [0.5, 0.6) is 0 Å². The first-order chi connectivity index (χ1) is 16.5. The maximum Gasteiger partial charge on any atom is 0.228 e. The van der Waals surface area contributed by atoms with Crippen molar-refractivity contribution in [2.24, 2.45) is 16.7 Å². The molecule has 34 heavy (non-hydrogen) atoms. The molecule has 3 saturated heterocycles. The monoisotopic (exact) mass is 455 g/mol. The van der Waals surface area contributed by atoms with Gasteiger partial charge in [0.05, 0.1) is 23.1 Å². The largest absolute Gasteiger partial charge is 0.369 e. The molecule has 7 heteroatoms. The fraction of sp³-hybridized carbons (Fsp3) is 0.519. The summed E-state index contributed by atoms with van der Waals surface area (Å²) in [5, 5.41) is 4.40. The number of fused-ring (bicyclic) bond motifs is 1. The molecule has 0 amide bonds. The molecule has 4 aliphatic rings.